The molecule has 2 nitrogen and oxygen atoms in total. The van der Waals surface area contributed by atoms with Crippen LogP contribution in [0.2, 0.25) is 0 Å². The zero-order chi connectivity index (χ0) is 17.6. The van der Waals surface area contributed by atoms with E-state index in [1.165, 1.54) is 12.1 Å². The van der Waals surface area contributed by atoms with Gasteiger partial charge in [-0.2, -0.15) is 0 Å². The maximum atomic E-state index is 13.3. The minimum Gasteiger partial charge on any atom is -0.488 e. The van der Waals surface area contributed by atoms with Crippen molar-refractivity contribution in [3.05, 3.63) is 99.8 Å². The molecule has 3 aromatic carbocycles. The molecular formula is C21H16BrFO2. The summed E-state index contributed by atoms with van der Waals surface area (Å²) < 4.78 is 20.0. The van der Waals surface area contributed by atoms with Crippen LogP contribution in [0.5, 0.6) is 5.75 Å². The molecule has 0 bridgehead atoms. The smallest absolute Gasteiger partial charge is 0.170 e. The summed E-state index contributed by atoms with van der Waals surface area (Å²) in [5, 5.41) is 0. The molecule has 0 radical (unpaired) electrons. The molecule has 3 aromatic rings. The number of Topliss-reactive ketones (excluding diaryl/α,β-unsaturated/α-hetero) is 1. The molecule has 0 aliphatic heterocycles. The van der Waals surface area contributed by atoms with Crippen molar-refractivity contribution in [1.29, 1.82) is 0 Å². The summed E-state index contributed by atoms with van der Waals surface area (Å²) in [6.07, 6.45) is 0.121. The van der Waals surface area contributed by atoms with Crippen LogP contribution in [0.4, 0.5) is 4.39 Å². The standard InChI is InChI=1S/C21H16BrFO2/c22-17-9-10-21(25-14-15-5-2-1-3-6-15)19(13-17)20(24)12-16-7-4-8-18(23)11-16/h1-11,13H,12,14H2. The SMILES string of the molecule is O=C(Cc1cccc(F)c1)c1cc(Br)ccc1OCc1ccccc1. The maximum Gasteiger partial charge on any atom is 0.170 e. The summed E-state index contributed by atoms with van der Waals surface area (Å²) >= 11 is 3.39. The van der Waals surface area contributed by atoms with Gasteiger partial charge in [-0.1, -0.05) is 58.4 Å². The van der Waals surface area contributed by atoms with E-state index in [9.17, 15) is 9.18 Å². The average molecular weight is 399 g/mol. The second-order valence-electron chi connectivity index (χ2n) is 5.64. The largest absolute Gasteiger partial charge is 0.488 e. The van der Waals surface area contributed by atoms with Gasteiger partial charge in [0, 0.05) is 10.9 Å². The third kappa shape index (κ3) is 4.77. The van der Waals surface area contributed by atoms with Crippen LogP contribution in [0.15, 0.2) is 77.3 Å². The Morgan fingerprint density at radius 1 is 0.920 bits per heavy atom. The minimum atomic E-state index is -0.347. The van der Waals surface area contributed by atoms with Gasteiger partial charge in [0.15, 0.2) is 5.78 Å². The van der Waals surface area contributed by atoms with Crippen molar-refractivity contribution in [2.24, 2.45) is 0 Å². The molecule has 0 N–H and O–H groups in total. The lowest BCUT2D eigenvalue weighted by Crippen LogP contribution is -2.07. The van der Waals surface area contributed by atoms with Gasteiger partial charge in [0.1, 0.15) is 18.2 Å². The Balaban J connectivity index is 1.79. The first-order valence-electron chi connectivity index (χ1n) is 7.86. The fourth-order valence-electron chi connectivity index (χ4n) is 2.51. The zero-order valence-electron chi connectivity index (χ0n) is 13.4. The van der Waals surface area contributed by atoms with Crippen molar-refractivity contribution >= 4 is 21.7 Å². The van der Waals surface area contributed by atoms with E-state index in [1.54, 1.807) is 24.3 Å². The fraction of sp³-hybridized carbons (Fsp3) is 0.0952. The van der Waals surface area contributed by atoms with Crippen LogP contribution in [0.25, 0.3) is 0 Å². The summed E-state index contributed by atoms with van der Waals surface area (Å²) in [5.74, 6) is 0.0588. The Labute approximate surface area is 154 Å². The quantitative estimate of drug-likeness (QED) is 0.505. The summed E-state index contributed by atoms with van der Waals surface area (Å²) in [6.45, 7) is 0.378. The van der Waals surface area contributed by atoms with E-state index in [-0.39, 0.29) is 18.0 Å². The van der Waals surface area contributed by atoms with Crippen molar-refractivity contribution in [3.63, 3.8) is 0 Å². The maximum absolute atomic E-state index is 13.3. The number of ether oxygens (including phenoxy) is 1. The Kier molecular flexibility index (Phi) is 5.61. The first-order valence-corrected chi connectivity index (χ1v) is 8.65. The number of ketones is 1. The number of rotatable bonds is 6. The monoisotopic (exact) mass is 398 g/mol. The van der Waals surface area contributed by atoms with Crippen LogP contribution >= 0.6 is 15.9 Å². The molecule has 0 unspecified atom stereocenters. The normalized spacial score (nSPS) is 10.5. The molecule has 0 saturated carbocycles. The molecule has 4 heteroatoms. The van der Waals surface area contributed by atoms with E-state index < -0.39 is 0 Å². The van der Waals surface area contributed by atoms with Crippen molar-refractivity contribution in [2.45, 2.75) is 13.0 Å². The number of hydrogen-bond acceptors (Lipinski definition) is 2. The Bertz CT molecular complexity index is 878. The molecule has 25 heavy (non-hydrogen) atoms. The number of benzene rings is 3. The van der Waals surface area contributed by atoms with Crippen LogP contribution in [0.3, 0.4) is 0 Å². The van der Waals surface area contributed by atoms with Crippen LogP contribution in [0, 0.1) is 5.82 Å². The van der Waals surface area contributed by atoms with Gasteiger partial charge in [-0.3, -0.25) is 4.79 Å². The average Bonchev–Trinajstić information content (AvgIpc) is 2.61. The Morgan fingerprint density at radius 3 is 2.44 bits per heavy atom. The van der Waals surface area contributed by atoms with Gasteiger partial charge in [0.25, 0.3) is 0 Å². The Morgan fingerprint density at radius 2 is 1.68 bits per heavy atom. The minimum absolute atomic E-state index is 0.116. The number of hydrogen-bond donors (Lipinski definition) is 0. The third-order valence-corrected chi connectivity index (χ3v) is 4.23. The Hall–Kier alpha value is -2.46. The van der Waals surface area contributed by atoms with Crippen LogP contribution < -0.4 is 4.74 Å². The molecule has 0 atom stereocenters. The third-order valence-electron chi connectivity index (χ3n) is 3.73. The van der Waals surface area contributed by atoms with E-state index in [4.69, 9.17) is 4.74 Å². The van der Waals surface area contributed by atoms with Crippen molar-refractivity contribution in [2.75, 3.05) is 0 Å². The van der Waals surface area contributed by atoms with Crippen molar-refractivity contribution < 1.29 is 13.9 Å². The molecule has 126 valence electrons. The van der Waals surface area contributed by atoms with Crippen molar-refractivity contribution in [1.82, 2.24) is 0 Å². The molecule has 0 aromatic heterocycles. The lowest BCUT2D eigenvalue weighted by molar-refractivity contribution is 0.0988. The molecule has 0 fully saturated rings. The van der Waals surface area contributed by atoms with E-state index in [0.29, 0.717) is 23.5 Å². The molecule has 0 aliphatic rings. The first-order chi connectivity index (χ1) is 12.1. The van der Waals surface area contributed by atoms with Gasteiger partial charge in [0.2, 0.25) is 0 Å². The van der Waals surface area contributed by atoms with Gasteiger partial charge in [-0.15, -0.1) is 0 Å². The highest BCUT2D eigenvalue weighted by molar-refractivity contribution is 9.10. The molecule has 0 spiro atoms. The number of carbonyl (C=O) groups excluding carboxylic acids is 1. The molecule has 0 amide bonds. The molecule has 0 aliphatic carbocycles. The fourth-order valence-corrected chi connectivity index (χ4v) is 2.87. The topological polar surface area (TPSA) is 26.3 Å². The molecule has 3 rings (SSSR count). The first kappa shape index (κ1) is 17.4. The van der Waals surface area contributed by atoms with Gasteiger partial charge in [-0.25, -0.2) is 4.39 Å². The summed E-state index contributed by atoms with van der Waals surface area (Å²) in [5.41, 5.74) is 2.14. The van der Waals surface area contributed by atoms with E-state index in [2.05, 4.69) is 15.9 Å². The summed E-state index contributed by atoms with van der Waals surface area (Å²) in [4.78, 5) is 12.7. The van der Waals surface area contributed by atoms with Gasteiger partial charge >= 0.3 is 0 Å². The highest BCUT2D eigenvalue weighted by Crippen LogP contribution is 2.26. The predicted octanol–water partition coefficient (Wildman–Crippen LogP) is 5.59. The van der Waals surface area contributed by atoms with Gasteiger partial charge in [0.05, 0.1) is 5.56 Å². The molecular weight excluding hydrogens is 383 g/mol. The van der Waals surface area contributed by atoms with E-state index >= 15 is 0 Å². The summed E-state index contributed by atoms with van der Waals surface area (Å²) in [7, 11) is 0. The van der Waals surface area contributed by atoms with Crippen LogP contribution in [-0.2, 0) is 13.0 Å². The van der Waals surface area contributed by atoms with E-state index in [0.717, 1.165) is 10.0 Å². The second kappa shape index (κ2) is 8.08. The van der Waals surface area contributed by atoms with Crippen molar-refractivity contribution in [3.8, 4) is 5.75 Å². The second-order valence-corrected chi connectivity index (χ2v) is 6.56. The van der Waals surface area contributed by atoms with E-state index in [1.807, 2.05) is 36.4 Å². The molecule has 0 saturated heterocycles. The highest BCUT2D eigenvalue weighted by Gasteiger charge is 2.14. The van der Waals surface area contributed by atoms with Crippen LogP contribution in [-0.4, -0.2) is 5.78 Å². The zero-order valence-corrected chi connectivity index (χ0v) is 15.0. The summed E-state index contributed by atoms with van der Waals surface area (Å²) in [6, 6.07) is 21.2. The lowest BCUT2D eigenvalue weighted by atomic mass is 10.0. The van der Waals surface area contributed by atoms with Crippen LogP contribution in [0.1, 0.15) is 21.5 Å². The lowest BCUT2D eigenvalue weighted by Gasteiger charge is -2.12. The number of carbonyl (C=O) groups is 1. The van der Waals surface area contributed by atoms with Gasteiger partial charge < -0.3 is 4.74 Å². The number of halogens is 2. The highest BCUT2D eigenvalue weighted by atomic mass is 79.9. The predicted molar refractivity (Wildman–Crippen MR) is 99.4 cm³/mol. The molecule has 0 heterocycles. The van der Waals surface area contributed by atoms with Gasteiger partial charge in [-0.05, 0) is 41.5 Å².